The first-order chi connectivity index (χ1) is 16.3. The Hall–Kier alpha value is -0.0466. The van der Waals surface area contributed by atoms with Gasteiger partial charge in [-0.25, -0.2) is 0 Å². The van der Waals surface area contributed by atoms with Crippen LogP contribution < -0.4 is 21.2 Å². The van der Waals surface area contributed by atoms with Crippen molar-refractivity contribution >= 4 is 66.7 Å². The molecule has 0 amide bonds. The van der Waals surface area contributed by atoms with Crippen LogP contribution in [0.15, 0.2) is 91.0 Å². The Morgan fingerprint density at radius 2 is 0.939 bits per heavy atom. The molecule has 0 saturated heterocycles. The van der Waals surface area contributed by atoms with Crippen LogP contribution in [0.3, 0.4) is 0 Å². The molecule has 0 fully saturated rings. The first kappa shape index (κ1) is 31.0. The van der Waals surface area contributed by atoms with Crippen LogP contribution in [0.1, 0.15) is 13.8 Å². The fraction of sp³-hybridized carbons (Fsp3) is 0.308. The van der Waals surface area contributed by atoms with Gasteiger partial charge in [0.1, 0.15) is 0 Å². The number of benzene rings is 3. The van der Waals surface area contributed by atoms with Gasteiger partial charge in [0.25, 0.3) is 0 Å². The summed E-state index contributed by atoms with van der Waals surface area (Å²) >= 11 is 3.66. The Kier molecular flexibility index (Phi) is 21.0. The normalized spacial score (nSPS) is 10.2. The average Bonchev–Trinajstić information content (AvgIpc) is 2.87. The maximum absolute atomic E-state index is 4.85. The van der Waals surface area contributed by atoms with Gasteiger partial charge >= 0.3 is 34.5 Å². The summed E-state index contributed by atoms with van der Waals surface area (Å²) in [5.41, 5.74) is 0. The molecule has 0 bridgehead atoms. The van der Waals surface area contributed by atoms with Crippen LogP contribution in [0.5, 0.6) is 0 Å². The average molecular weight is 628 g/mol. The molecule has 0 heterocycles. The largest absolute Gasteiger partial charge is 0.0622 e. The third kappa shape index (κ3) is 14.8. The zero-order valence-corrected chi connectivity index (χ0v) is 25.1. The summed E-state index contributed by atoms with van der Waals surface area (Å²) in [7, 11) is 9.26. The molecular weight excluding hydrogens is 593 g/mol. The Bertz CT molecular complexity index is 699. The number of hydrogen-bond acceptors (Lipinski definition) is 3. The van der Waals surface area contributed by atoms with E-state index in [-0.39, 0.29) is 15.1 Å². The molecular formula is C26H34Cl2NPRuS2. The summed E-state index contributed by atoms with van der Waals surface area (Å²) in [6.07, 6.45) is 0. The molecule has 0 aliphatic heterocycles. The molecule has 33 heavy (non-hydrogen) atoms. The van der Waals surface area contributed by atoms with E-state index in [2.05, 4.69) is 110 Å². The van der Waals surface area contributed by atoms with Crippen LogP contribution in [0, 0.1) is 0 Å². The SMILES string of the molecule is CCSCCNCCSCC.[Cl][Ru][Cl].c1ccc(P(c2ccccc2)c2ccccc2)cc1. The van der Waals surface area contributed by atoms with Crippen LogP contribution in [0.25, 0.3) is 0 Å². The van der Waals surface area contributed by atoms with Crippen molar-refractivity contribution in [1.82, 2.24) is 5.32 Å². The smallest absolute Gasteiger partial charge is 0.0134 e. The molecule has 3 aromatic carbocycles. The topological polar surface area (TPSA) is 12.0 Å². The number of rotatable bonds is 11. The van der Waals surface area contributed by atoms with E-state index in [0.29, 0.717) is 0 Å². The summed E-state index contributed by atoms with van der Waals surface area (Å²) in [5, 5.41) is 7.61. The van der Waals surface area contributed by atoms with Gasteiger partial charge < -0.3 is 5.32 Å². The second kappa shape index (κ2) is 22.4. The number of hydrogen-bond donors (Lipinski definition) is 1. The fourth-order valence-corrected chi connectivity index (χ4v) is 6.34. The molecule has 3 aromatic rings. The molecule has 3 rings (SSSR count). The molecule has 7 heteroatoms. The van der Waals surface area contributed by atoms with E-state index in [9.17, 15) is 0 Å². The van der Waals surface area contributed by atoms with E-state index < -0.39 is 7.92 Å². The quantitative estimate of drug-likeness (QED) is 0.141. The first-order valence-electron chi connectivity index (χ1n) is 10.9. The standard InChI is InChI=1S/C18H15P.C8H19NS2.2ClH.Ru/c1-4-10-16(11-5-1)19(17-12-6-2-7-13-17)18-14-8-3-9-15-18;1-3-10-7-5-9-6-8-11-4-2;;;/h1-15H;9H,3-8H2,1-2H3;2*1H;/q;;;;+2/p-2. The van der Waals surface area contributed by atoms with Gasteiger partial charge in [0.2, 0.25) is 0 Å². The van der Waals surface area contributed by atoms with Crippen LogP contribution in [0.4, 0.5) is 0 Å². The third-order valence-electron chi connectivity index (χ3n) is 4.30. The Morgan fingerprint density at radius 1 is 0.636 bits per heavy atom. The van der Waals surface area contributed by atoms with Gasteiger partial charge in [-0.3, -0.25) is 0 Å². The van der Waals surface area contributed by atoms with Crippen molar-refractivity contribution in [3.63, 3.8) is 0 Å². The zero-order chi connectivity index (χ0) is 24.0. The molecule has 1 N–H and O–H groups in total. The van der Waals surface area contributed by atoms with Gasteiger partial charge in [-0.15, -0.1) is 0 Å². The minimum Gasteiger partial charge on any atom is -0.0622 e. The molecule has 0 spiro atoms. The van der Waals surface area contributed by atoms with Crippen molar-refractivity contribution < 1.29 is 15.1 Å². The van der Waals surface area contributed by atoms with Gasteiger partial charge in [-0.1, -0.05) is 105 Å². The monoisotopic (exact) mass is 627 g/mol. The van der Waals surface area contributed by atoms with Gasteiger partial charge in [0.15, 0.2) is 0 Å². The van der Waals surface area contributed by atoms with Crippen molar-refractivity contribution in [3.8, 4) is 0 Å². The second-order valence-corrected chi connectivity index (χ2v) is 14.2. The molecule has 0 atom stereocenters. The summed E-state index contributed by atoms with van der Waals surface area (Å²) in [6.45, 7) is 6.75. The molecule has 0 unspecified atom stereocenters. The van der Waals surface area contributed by atoms with Crippen LogP contribution in [-0.4, -0.2) is 36.1 Å². The van der Waals surface area contributed by atoms with Crippen molar-refractivity contribution in [1.29, 1.82) is 0 Å². The molecule has 0 aliphatic carbocycles. The first-order valence-corrected chi connectivity index (χ1v) is 19.1. The van der Waals surface area contributed by atoms with E-state index in [1.54, 1.807) is 0 Å². The van der Waals surface area contributed by atoms with E-state index in [1.807, 2.05) is 23.5 Å². The summed E-state index contributed by atoms with van der Waals surface area (Å²) in [6, 6.07) is 32.3. The minimum atomic E-state index is -0.446. The Labute approximate surface area is 226 Å². The minimum absolute atomic E-state index is 0.346. The summed E-state index contributed by atoms with van der Waals surface area (Å²) in [5.74, 6) is 5.00. The molecule has 1 nitrogen and oxygen atoms in total. The maximum atomic E-state index is 4.85. The molecule has 182 valence electrons. The van der Waals surface area contributed by atoms with E-state index in [0.717, 1.165) is 0 Å². The van der Waals surface area contributed by atoms with E-state index in [4.69, 9.17) is 19.4 Å². The van der Waals surface area contributed by atoms with Gasteiger partial charge in [-0.2, -0.15) is 23.5 Å². The van der Waals surface area contributed by atoms with Crippen LogP contribution in [-0.2, 0) is 15.1 Å². The predicted molar refractivity (Wildman–Crippen MR) is 156 cm³/mol. The second-order valence-electron chi connectivity index (χ2n) is 6.54. The van der Waals surface area contributed by atoms with Crippen molar-refractivity contribution in [3.05, 3.63) is 91.0 Å². The van der Waals surface area contributed by atoms with Crippen molar-refractivity contribution in [2.75, 3.05) is 36.1 Å². The van der Waals surface area contributed by atoms with Crippen LogP contribution in [0.2, 0.25) is 0 Å². The summed E-state index contributed by atoms with van der Waals surface area (Å²) < 4.78 is 0. The van der Waals surface area contributed by atoms with Gasteiger partial charge in [0.05, 0.1) is 0 Å². The van der Waals surface area contributed by atoms with E-state index in [1.165, 1.54) is 52.0 Å². The van der Waals surface area contributed by atoms with Crippen molar-refractivity contribution in [2.24, 2.45) is 0 Å². The fourth-order valence-electron chi connectivity index (χ4n) is 2.88. The van der Waals surface area contributed by atoms with Crippen LogP contribution >= 0.6 is 50.8 Å². The zero-order valence-electron chi connectivity index (χ0n) is 19.3. The van der Waals surface area contributed by atoms with Gasteiger partial charge in [-0.05, 0) is 35.3 Å². The van der Waals surface area contributed by atoms with Gasteiger partial charge in [0, 0.05) is 24.6 Å². The molecule has 0 radical (unpaired) electrons. The number of halogens is 2. The molecule has 0 aliphatic rings. The maximum Gasteiger partial charge on any atom is -0.0134 e. The molecule has 0 aromatic heterocycles. The summed E-state index contributed by atoms with van der Waals surface area (Å²) in [4.78, 5) is 0. The van der Waals surface area contributed by atoms with E-state index >= 15 is 0 Å². The number of nitrogens with one attached hydrogen (secondary N) is 1. The Balaban J connectivity index is 0.000000333. The van der Waals surface area contributed by atoms with Crippen molar-refractivity contribution in [2.45, 2.75) is 13.8 Å². The number of thioether (sulfide) groups is 2. The third-order valence-corrected chi connectivity index (χ3v) is 8.54. The Morgan fingerprint density at radius 3 is 1.21 bits per heavy atom. The molecule has 0 saturated carbocycles. The predicted octanol–water partition coefficient (Wildman–Crippen LogP) is 6.90.